The molecule has 0 bridgehead atoms. The zero-order valence-corrected chi connectivity index (χ0v) is 13.9. The standard InChI is InChI=1S/C18H20N5O2/c19-9-12-2-1-3-13(6-12)15-7-14-4-5-21-18(14)17(8-15)25-16-10-22(11-16)23(20)24/h3,6-8,14,16H,1-2,4-5,10-11,20H2/q-1. The maximum Gasteiger partial charge on any atom is 0.142 e. The number of aliphatic imine (C=N–C) groups is 1. The van der Waals surface area contributed by atoms with Gasteiger partial charge in [0.1, 0.15) is 11.9 Å². The summed E-state index contributed by atoms with van der Waals surface area (Å²) in [6.45, 7) is 1.77. The summed E-state index contributed by atoms with van der Waals surface area (Å²) in [6.07, 6.45) is 11.0. The van der Waals surface area contributed by atoms with Crippen molar-refractivity contribution in [1.82, 2.24) is 10.3 Å². The van der Waals surface area contributed by atoms with Crippen LogP contribution in [0.2, 0.25) is 0 Å². The number of nitrogens with two attached hydrogens (primary N) is 1. The first kappa shape index (κ1) is 16.2. The summed E-state index contributed by atoms with van der Waals surface area (Å²) in [6, 6.07) is 2.26. The minimum absolute atomic E-state index is 0.0555. The van der Waals surface area contributed by atoms with Gasteiger partial charge in [-0.3, -0.25) is 16.1 Å². The van der Waals surface area contributed by atoms with Crippen molar-refractivity contribution in [2.45, 2.75) is 25.4 Å². The number of nitriles is 1. The number of allylic oxidation sites excluding steroid dienone is 8. The summed E-state index contributed by atoms with van der Waals surface area (Å²) in [5.41, 5.74) is 3.98. The van der Waals surface area contributed by atoms with Crippen LogP contribution < -0.4 is 5.84 Å². The molecule has 0 aromatic heterocycles. The highest BCUT2D eigenvalue weighted by atomic mass is 16.6. The molecule has 2 N–H and O–H groups in total. The molecule has 2 aliphatic heterocycles. The molecular weight excluding hydrogens is 318 g/mol. The quantitative estimate of drug-likeness (QED) is 0.619. The summed E-state index contributed by atoms with van der Waals surface area (Å²) in [7, 11) is 0. The monoisotopic (exact) mass is 338 g/mol. The van der Waals surface area contributed by atoms with Crippen LogP contribution in [0.1, 0.15) is 19.3 Å². The van der Waals surface area contributed by atoms with Crippen molar-refractivity contribution in [3.05, 3.63) is 52.0 Å². The zero-order valence-electron chi connectivity index (χ0n) is 13.9. The minimum atomic E-state index is -0.0555. The van der Waals surface area contributed by atoms with E-state index in [2.05, 4.69) is 23.2 Å². The van der Waals surface area contributed by atoms with Crippen molar-refractivity contribution < 1.29 is 4.74 Å². The lowest BCUT2D eigenvalue weighted by molar-refractivity contribution is -0.119. The van der Waals surface area contributed by atoms with Gasteiger partial charge < -0.3 is 9.94 Å². The van der Waals surface area contributed by atoms with Crippen LogP contribution in [0.15, 0.2) is 51.8 Å². The van der Waals surface area contributed by atoms with Gasteiger partial charge in [-0.05, 0) is 42.6 Å². The Labute approximate surface area is 146 Å². The molecule has 0 amide bonds. The Morgan fingerprint density at radius 2 is 2.20 bits per heavy atom. The van der Waals surface area contributed by atoms with Crippen LogP contribution in [-0.4, -0.2) is 41.7 Å². The molecule has 0 saturated carbocycles. The van der Waals surface area contributed by atoms with Crippen molar-refractivity contribution in [3.8, 4) is 6.07 Å². The maximum absolute atomic E-state index is 11.0. The van der Waals surface area contributed by atoms with Crippen LogP contribution in [0, 0.1) is 22.5 Å². The average molecular weight is 338 g/mol. The Morgan fingerprint density at radius 3 is 2.96 bits per heavy atom. The first-order chi connectivity index (χ1) is 12.1. The highest BCUT2D eigenvalue weighted by molar-refractivity contribution is 6.04. The lowest BCUT2D eigenvalue weighted by atomic mass is 9.86. The van der Waals surface area contributed by atoms with Gasteiger partial charge in [-0.1, -0.05) is 12.2 Å². The van der Waals surface area contributed by atoms with E-state index in [-0.39, 0.29) is 12.0 Å². The van der Waals surface area contributed by atoms with Crippen LogP contribution in [-0.2, 0) is 4.74 Å². The number of hydrogen-bond donors (Lipinski definition) is 1. The van der Waals surface area contributed by atoms with E-state index >= 15 is 0 Å². The van der Waals surface area contributed by atoms with Gasteiger partial charge in [-0.2, -0.15) is 5.26 Å². The van der Waals surface area contributed by atoms with E-state index in [4.69, 9.17) is 15.8 Å². The van der Waals surface area contributed by atoms with Gasteiger partial charge in [0.25, 0.3) is 0 Å². The molecule has 7 nitrogen and oxygen atoms in total. The Morgan fingerprint density at radius 1 is 1.36 bits per heavy atom. The molecule has 4 rings (SSSR count). The molecular formula is C18H20N5O2-. The van der Waals surface area contributed by atoms with E-state index in [1.54, 1.807) is 0 Å². The number of hydrogen-bond acceptors (Lipinski definition) is 7. The highest BCUT2D eigenvalue weighted by Crippen LogP contribution is 2.34. The van der Waals surface area contributed by atoms with Crippen LogP contribution in [0.4, 0.5) is 0 Å². The van der Waals surface area contributed by atoms with E-state index in [1.807, 2.05) is 12.2 Å². The predicted octanol–water partition coefficient (Wildman–Crippen LogP) is 1.73. The zero-order chi connectivity index (χ0) is 17.4. The fourth-order valence-corrected chi connectivity index (χ4v) is 3.58. The van der Waals surface area contributed by atoms with E-state index in [9.17, 15) is 5.21 Å². The van der Waals surface area contributed by atoms with Crippen molar-refractivity contribution in [2.24, 2.45) is 16.8 Å². The molecule has 0 spiro atoms. The third-order valence-electron chi connectivity index (χ3n) is 4.98. The summed E-state index contributed by atoms with van der Waals surface area (Å²) in [5.74, 6) is 6.24. The molecule has 1 fully saturated rings. The number of ether oxygens (including phenoxy) is 1. The molecule has 4 aliphatic rings. The second kappa shape index (κ2) is 6.58. The minimum Gasteiger partial charge on any atom is -0.758 e. The molecule has 7 heteroatoms. The van der Waals surface area contributed by atoms with E-state index in [0.29, 0.717) is 18.4 Å². The fraction of sp³-hybridized carbons (Fsp3) is 0.444. The van der Waals surface area contributed by atoms with Gasteiger partial charge >= 0.3 is 0 Å². The van der Waals surface area contributed by atoms with Crippen LogP contribution >= 0.6 is 0 Å². The van der Waals surface area contributed by atoms with Crippen molar-refractivity contribution in [3.63, 3.8) is 0 Å². The first-order valence-electron chi connectivity index (χ1n) is 8.57. The first-order valence-corrected chi connectivity index (χ1v) is 8.57. The molecule has 0 radical (unpaired) electrons. The molecule has 2 heterocycles. The number of nitrogens with zero attached hydrogens (tertiary/aromatic N) is 4. The van der Waals surface area contributed by atoms with Crippen molar-refractivity contribution >= 4 is 5.71 Å². The SMILES string of the molecule is N#CC1=CC(C2=CC3CCN=C3C(OC3CN(N(N)[O-])C3)=C2)=CCC1. The van der Waals surface area contributed by atoms with Gasteiger partial charge in [-0.15, -0.1) is 0 Å². The van der Waals surface area contributed by atoms with Crippen molar-refractivity contribution in [2.75, 3.05) is 19.6 Å². The molecule has 1 atom stereocenters. The summed E-state index contributed by atoms with van der Waals surface area (Å²) in [4.78, 5) is 4.60. The Balaban J connectivity index is 1.54. The van der Waals surface area contributed by atoms with Gasteiger partial charge in [0.15, 0.2) is 0 Å². The van der Waals surface area contributed by atoms with E-state index < -0.39 is 0 Å². The molecule has 0 aromatic carbocycles. The second-order valence-corrected chi connectivity index (χ2v) is 6.69. The van der Waals surface area contributed by atoms with Gasteiger partial charge in [0, 0.05) is 18.0 Å². The van der Waals surface area contributed by atoms with Crippen LogP contribution in [0.5, 0.6) is 0 Å². The Hall–Kier alpha value is -2.24. The summed E-state index contributed by atoms with van der Waals surface area (Å²) < 4.78 is 6.11. The number of fused-ring (bicyclic) bond motifs is 1. The van der Waals surface area contributed by atoms with Crippen LogP contribution in [0.25, 0.3) is 0 Å². The second-order valence-electron chi connectivity index (χ2n) is 6.69. The highest BCUT2D eigenvalue weighted by Gasteiger charge is 2.34. The third kappa shape index (κ3) is 3.17. The van der Waals surface area contributed by atoms with Gasteiger partial charge in [0.05, 0.1) is 24.9 Å². The number of rotatable bonds is 4. The van der Waals surface area contributed by atoms with Crippen molar-refractivity contribution in [1.29, 1.82) is 5.26 Å². The lowest BCUT2D eigenvalue weighted by Crippen LogP contribution is -2.60. The molecule has 130 valence electrons. The van der Waals surface area contributed by atoms with Gasteiger partial charge in [0.2, 0.25) is 0 Å². The molecule has 25 heavy (non-hydrogen) atoms. The molecule has 1 saturated heterocycles. The van der Waals surface area contributed by atoms with E-state index in [0.717, 1.165) is 54.0 Å². The fourth-order valence-electron chi connectivity index (χ4n) is 3.58. The largest absolute Gasteiger partial charge is 0.758 e. The smallest absolute Gasteiger partial charge is 0.142 e. The molecule has 1 unspecified atom stereocenters. The topological polar surface area (TPSA) is 101 Å². The molecule has 2 aliphatic carbocycles. The third-order valence-corrected chi connectivity index (χ3v) is 4.98. The van der Waals surface area contributed by atoms with Crippen LogP contribution in [0.3, 0.4) is 0 Å². The maximum atomic E-state index is 11.0. The predicted molar refractivity (Wildman–Crippen MR) is 93.4 cm³/mol. The summed E-state index contributed by atoms with van der Waals surface area (Å²) in [5, 5.41) is 22.0. The van der Waals surface area contributed by atoms with E-state index in [1.165, 1.54) is 5.01 Å². The average Bonchev–Trinajstić information content (AvgIpc) is 3.06. The Kier molecular flexibility index (Phi) is 4.27. The normalized spacial score (nSPS) is 26.6. The number of hydrazine groups is 2. The Bertz CT molecular complexity index is 763. The summed E-state index contributed by atoms with van der Waals surface area (Å²) >= 11 is 0. The van der Waals surface area contributed by atoms with Gasteiger partial charge in [-0.25, -0.2) is 5.01 Å². The lowest BCUT2D eigenvalue weighted by Gasteiger charge is -2.46. The molecule has 0 aromatic rings.